The lowest BCUT2D eigenvalue weighted by molar-refractivity contribution is 0.141. The second-order valence-corrected chi connectivity index (χ2v) is 7.94. The van der Waals surface area contributed by atoms with Crippen LogP contribution < -0.4 is 5.32 Å². The topological polar surface area (TPSA) is 65.2 Å². The SMILES string of the molecule is CCC1(CC)CCN(S(=O)(=O)c2c[nH]c(CNC)c2)CC1. The third kappa shape index (κ3) is 3.33. The number of aromatic amines is 1. The highest BCUT2D eigenvalue weighted by Gasteiger charge is 2.36. The van der Waals surface area contributed by atoms with Crippen molar-refractivity contribution in [1.82, 2.24) is 14.6 Å². The minimum absolute atomic E-state index is 0.335. The maximum Gasteiger partial charge on any atom is 0.244 e. The van der Waals surface area contributed by atoms with Crippen LogP contribution in [0.3, 0.4) is 0 Å². The van der Waals surface area contributed by atoms with E-state index >= 15 is 0 Å². The number of nitrogens with one attached hydrogen (secondary N) is 2. The molecular formula is C15H27N3O2S. The highest BCUT2D eigenvalue weighted by atomic mass is 32.2. The van der Waals surface area contributed by atoms with Gasteiger partial charge in [0.2, 0.25) is 10.0 Å². The quantitative estimate of drug-likeness (QED) is 0.847. The minimum Gasteiger partial charge on any atom is -0.363 e. The van der Waals surface area contributed by atoms with Crippen LogP contribution in [0.5, 0.6) is 0 Å². The third-order valence-corrected chi connectivity index (χ3v) is 6.88. The van der Waals surface area contributed by atoms with Gasteiger partial charge in [-0.3, -0.25) is 0 Å². The van der Waals surface area contributed by atoms with E-state index in [0.717, 1.165) is 31.4 Å². The van der Waals surface area contributed by atoms with Gasteiger partial charge < -0.3 is 10.3 Å². The Morgan fingerprint density at radius 1 is 1.29 bits per heavy atom. The van der Waals surface area contributed by atoms with Gasteiger partial charge >= 0.3 is 0 Å². The van der Waals surface area contributed by atoms with E-state index in [1.54, 1.807) is 16.6 Å². The molecule has 1 aromatic rings. The molecule has 1 aliphatic heterocycles. The first kappa shape index (κ1) is 16.5. The van der Waals surface area contributed by atoms with Crippen molar-refractivity contribution >= 4 is 10.0 Å². The molecule has 0 atom stereocenters. The Labute approximate surface area is 128 Å². The van der Waals surface area contributed by atoms with Crippen LogP contribution in [0.15, 0.2) is 17.2 Å². The van der Waals surface area contributed by atoms with Gasteiger partial charge in [0.05, 0.1) is 4.90 Å². The van der Waals surface area contributed by atoms with Crippen molar-refractivity contribution in [2.75, 3.05) is 20.1 Å². The molecule has 2 N–H and O–H groups in total. The highest BCUT2D eigenvalue weighted by Crippen LogP contribution is 2.39. The van der Waals surface area contributed by atoms with Crippen molar-refractivity contribution in [1.29, 1.82) is 0 Å². The van der Waals surface area contributed by atoms with Crippen LogP contribution in [-0.2, 0) is 16.6 Å². The molecule has 6 heteroatoms. The summed E-state index contributed by atoms with van der Waals surface area (Å²) in [6.45, 7) is 6.34. The maximum atomic E-state index is 12.7. The predicted octanol–water partition coefficient (Wildman–Crippen LogP) is 2.33. The highest BCUT2D eigenvalue weighted by molar-refractivity contribution is 7.89. The molecule has 0 unspecified atom stereocenters. The molecule has 0 amide bonds. The van der Waals surface area contributed by atoms with Crippen LogP contribution >= 0.6 is 0 Å². The average molecular weight is 313 g/mol. The third-order valence-electron chi connectivity index (χ3n) is 5.00. The van der Waals surface area contributed by atoms with Crippen molar-refractivity contribution in [3.63, 3.8) is 0 Å². The number of hydrogen-bond donors (Lipinski definition) is 2. The molecule has 120 valence electrons. The molecule has 0 aliphatic carbocycles. The number of rotatable bonds is 6. The summed E-state index contributed by atoms with van der Waals surface area (Å²) in [5.74, 6) is 0. The Bertz CT molecular complexity index is 551. The van der Waals surface area contributed by atoms with Crippen LogP contribution in [0.1, 0.15) is 45.2 Å². The molecule has 0 aromatic carbocycles. The van der Waals surface area contributed by atoms with Crippen molar-refractivity contribution in [2.45, 2.75) is 51.0 Å². The van der Waals surface area contributed by atoms with Crippen molar-refractivity contribution in [3.8, 4) is 0 Å². The van der Waals surface area contributed by atoms with Crippen LogP contribution in [-0.4, -0.2) is 37.8 Å². The van der Waals surface area contributed by atoms with Gasteiger partial charge in [-0.15, -0.1) is 0 Å². The number of nitrogens with zero attached hydrogens (tertiary/aromatic N) is 1. The fourth-order valence-electron chi connectivity index (χ4n) is 3.17. The first-order valence-corrected chi connectivity index (χ1v) is 9.23. The number of hydrogen-bond acceptors (Lipinski definition) is 3. The van der Waals surface area contributed by atoms with Crippen LogP contribution in [0, 0.1) is 5.41 Å². The molecule has 0 radical (unpaired) electrons. The summed E-state index contributed by atoms with van der Waals surface area (Å²) in [7, 11) is -1.51. The Balaban J connectivity index is 2.10. The first-order chi connectivity index (χ1) is 9.97. The summed E-state index contributed by atoms with van der Waals surface area (Å²) in [5, 5.41) is 3.01. The largest absolute Gasteiger partial charge is 0.363 e. The Kier molecular flexibility index (Phi) is 5.11. The summed E-state index contributed by atoms with van der Waals surface area (Å²) in [6, 6.07) is 1.73. The second kappa shape index (κ2) is 6.50. The molecule has 2 rings (SSSR count). The molecule has 1 fully saturated rings. The van der Waals surface area contributed by atoms with Crippen molar-refractivity contribution in [3.05, 3.63) is 18.0 Å². The Hall–Kier alpha value is -0.850. The summed E-state index contributed by atoms with van der Waals surface area (Å²) in [6.07, 6.45) is 5.80. The summed E-state index contributed by atoms with van der Waals surface area (Å²) >= 11 is 0. The van der Waals surface area contributed by atoms with Crippen LogP contribution in [0.4, 0.5) is 0 Å². The number of sulfonamides is 1. The van der Waals surface area contributed by atoms with E-state index in [9.17, 15) is 8.42 Å². The summed E-state index contributed by atoms with van der Waals surface area (Å²) < 4.78 is 27.0. The van der Waals surface area contributed by atoms with E-state index in [4.69, 9.17) is 0 Å². The maximum absolute atomic E-state index is 12.7. The number of piperidine rings is 1. The van der Waals surface area contributed by atoms with Crippen molar-refractivity contribution < 1.29 is 8.42 Å². The molecule has 1 aromatic heterocycles. The monoisotopic (exact) mass is 313 g/mol. The Morgan fingerprint density at radius 3 is 2.43 bits per heavy atom. The number of H-pyrrole nitrogens is 1. The van der Waals surface area contributed by atoms with Gasteiger partial charge in [0, 0.05) is 31.5 Å². The molecule has 0 spiro atoms. The van der Waals surface area contributed by atoms with E-state index in [1.807, 2.05) is 7.05 Å². The molecule has 0 saturated carbocycles. The summed E-state index contributed by atoms with van der Waals surface area (Å²) in [5.41, 5.74) is 1.23. The van der Waals surface area contributed by atoms with Gasteiger partial charge in [-0.1, -0.05) is 26.7 Å². The van der Waals surface area contributed by atoms with Gasteiger partial charge in [-0.2, -0.15) is 4.31 Å². The van der Waals surface area contributed by atoms with Gasteiger partial charge in [0.15, 0.2) is 0 Å². The average Bonchev–Trinajstić information content (AvgIpc) is 2.97. The molecule has 2 heterocycles. The zero-order valence-electron chi connectivity index (χ0n) is 13.3. The van der Waals surface area contributed by atoms with E-state index in [1.165, 1.54) is 0 Å². The van der Waals surface area contributed by atoms with Gasteiger partial charge in [0.1, 0.15) is 0 Å². The van der Waals surface area contributed by atoms with Crippen molar-refractivity contribution in [2.24, 2.45) is 5.41 Å². The first-order valence-electron chi connectivity index (χ1n) is 7.79. The van der Waals surface area contributed by atoms with E-state index in [-0.39, 0.29) is 0 Å². The normalized spacial score (nSPS) is 19.8. The van der Waals surface area contributed by atoms with Gasteiger partial charge in [0.25, 0.3) is 0 Å². The fourth-order valence-corrected chi connectivity index (χ4v) is 4.63. The van der Waals surface area contributed by atoms with Gasteiger partial charge in [-0.25, -0.2) is 8.42 Å². The molecule has 0 bridgehead atoms. The lowest BCUT2D eigenvalue weighted by atomic mass is 9.75. The zero-order valence-corrected chi connectivity index (χ0v) is 14.1. The van der Waals surface area contributed by atoms with E-state index < -0.39 is 10.0 Å². The predicted molar refractivity (Wildman–Crippen MR) is 84.6 cm³/mol. The molecule has 21 heavy (non-hydrogen) atoms. The second-order valence-electron chi connectivity index (χ2n) is 6.00. The standard InChI is InChI=1S/C15H27N3O2S/c1-4-15(5-2)6-8-18(9-7-15)21(19,20)14-10-13(11-16-3)17-12-14/h10,12,16-17H,4-9,11H2,1-3H3. The van der Waals surface area contributed by atoms with E-state index in [0.29, 0.717) is 29.9 Å². The molecule has 1 aliphatic rings. The van der Waals surface area contributed by atoms with Crippen LogP contribution in [0.25, 0.3) is 0 Å². The number of aromatic nitrogens is 1. The van der Waals surface area contributed by atoms with Gasteiger partial charge in [-0.05, 0) is 31.4 Å². The smallest absolute Gasteiger partial charge is 0.244 e. The lowest BCUT2D eigenvalue weighted by Crippen LogP contribution is -2.42. The van der Waals surface area contributed by atoms with Crippen LogP contribution in [0.2, 0.25) is 0 Å². The zero-order chi connectivity index (χ0) is 15.5. The molecule has 5 nitrogen and oxygen atoms in total. The fraction of sp³-hybridized carbons (Fsp3) is 0.733. The summed E-state index contributed by atoms with van der Waals surface area (Å²) in [4.78, 5) is 3.40. The molecule has 1 saturated heterocycles. The molecular weight excluding hydrogens is 286 g/mol. The minimum atomic E-state index is -3.35. The Morgan fingerprint density at radius 2 is 1.90 bits per heavy atom. The van der Waals surface area contributed by atoms with E-state index in [2.05, 4.69) is 24.1 Å². The lowest BCUT2D eigenvalue weighted by Gasteiger charge is -2.40.